The molecule has 5 heteroatoms. The molecule has 0 radical (unpaired) electrons. The number of nitrogens with zero attached hydrogens (tertiary/aromatic N) is 2. The van der Waals surface area contributed by atoms with Crippen molar-refractivity contribution < 1.29 is 9.69 Å². The molecule has 0 unspecified atom stereocenters. The van der Waals surface area contributed by atoms with Crippen LogP contribution < -0.4 is 4.90 Å². The number of para-hydroxylation sites is 1. The van der Waals surface area contributed by atoms with Crippen molar-refractivity contribution in [2.24, 2.45) is 0 Å². The van der Waals surface area contributed by atoms with Crippen LogP contribution in [0.1, 0.15) is 35.8 Å². The van der Waals surface area contributed by atoms with E-state index in [0.717, 1.165) is 51.0 Å². The SMILES string of the molecule is O=C(C[NH+]1CCC(c2nc3ccccc3s2)CC1)N1CC=C(c2ccccc2)CC1. The molecule has 1 amide bonds. The summed E-state index contributed by atoms with van der Waals surface area (Å²) >= 11 is 1.84. The minimum Gasteiger partial charge on any atom is -0.334 e. The lowest BCUT2D eigenvalue weighted by Gasteiger charge is -2.31. The van der Waals surface area contributed by atoms with Crippen LogP contribution in [0.15, 0.2) is 60.7 Å². The monoisotopic (exact) mass is 418 g/mol. The molecule has 3 heterocycles. The molecule has 1 saturated heterocycles. The molecule has 1 aromatic heterocycles. The van der Waals surface area contributed by atoms with Crippen LogP contribution in [0.5, 0.6) is 0 Å². The minimum atomic E-state index is 0.298. The lowest BCUT2D eigenvalue weighted by atomic mass is 9.97. The summed E-state index contributed by atoms with van der Waals surface area (Å²) in [5.41, 5.74) is 3.77. The number of nitrogens with one attached hydrogen (secondary N) is 1. The van der Waals surface area contributed by atoms with E-state index in [0.29, 0.717) is 18.4 Å². The smallest absolute Gasteiger partial charge is 0.278 e. The largest absolute Gasteiger partial charge is 0.334 e. The standard InChI is InChI=1S/C25H27N3OS/c29-24(28-16-12-20(13-17-28)19-6-2-1-3-7-19)18-27-14-10-21(11-15-27)25-26-22-8-4-5-9-23(22)30-25/h1-9,12,21H,10-11,13-18H2/p+1. The van der Waals surface area contributed by atoms with Gasteiger partial charge in [-0.25, -0.2) is 4.98 Å². The van der Waals surface area contributed by atoms with Crippen LogP contribution in [0.4, 0.5) is 0 Å². The Morgan fingerprint density at radius 3 is 2.57 bits per heavy atom. The number of rotatable bonds is 4. The molecule has 2 aromatic carbocycles. The molecule has 5 rings (SSSR count). The van der Waals surface area contributed by atoms with Gasteiger partial charge in [-0.15, -0.1) is 11.3 Å². The van der Waals surface area contributed by atoms with Gasteiger partial charge < -0.3 is 9.80 Å². The average molecular weight is 419 g/mol. The summed E-state index contributed by atoms with van der Waals surface area (Å²) in [5, 5.41) is 1.27. The summed E-state index contributed by atoms with van der Waals surface area (Å²) in [6.45, 7) is 4.32. The van der Waals surface area contributed by atoms with Gasteiger partial charge >= 0.3 is 0 Å². The molecule has 154 valence electrons. The Kier molecular flexibility index (Phi) is 5.65. The van der Waals surface area contributed by atoms with Gasteiger partial charge in [-0.3, -0.25) is 4.79 Å². The molecule has 3 aromatic rings. The second-order valence-corrected chi connectivity index (χ2v) is 9.47. The van der Waals surface area contributed by atoms with Crippen molar-refractivity contribution in [1.82, 2.24) is 9.88 Å². The quantitative estimate of drug-likeness (QED) is 0.705. The number of fused-ring (bicyclic) bond motifs is 1. The number of likely N-dealkylation sites (tertiary alicyclic amines) is 1. The van der Waals surface area contributed by atoms with Crippen LogP contribution in [-0.2, 0) is 4.79 Å². The van der Waals surface area contributed by atoms with E-state index in [-0.39, 0.29) is 0 Å². The fourth-order valence-corrected chi connectivity index (χ4v) is 5.79. The first-order chi connectivity index (χ1) is 14.8. The van der Waals surface area contributed by atoms with Gasteiger partial charge in [-0.2, -0.15) is 0 Å². The Bertz CT molecular complexity index is 1020. The Morgan fingerprint density at radius 2 is 1.83 bits per heavy atom. The highest BCUT2D eigenvalue weighted by Crippen LogP contribution is 2.31. The number of piperidine rings is 1. The van der Waals surface area contributed by atoms with E-state index in [1.807, 2.05) is 22.3 Å². The van der Waals surface area contributed by atoms with E-state index in [2.05, 4.69) is 54.6 Å². The maximum absolute atomic E-state index is 12.8. The predicted molar refractivity (Wildman–Crippen MR) is 123 cm³/mol. The zero-order valence-electron chi connectivity index (χ0n) is 17.2. The second kappa shape index (κ2) is 8.70. The molecule has 1 N–H and O–H groups in total. The van der Waals surface area contributed by atoms with E-state index >= 15 is 0 Å². The highest BCUT2D eigenvalue weighted by Gasteiger charge is 2.29. The predicted octanol–water partition coefficient (Wildman–Crippen LogP) is 3.37. The lowest BCUT2D eigenvalue weighted by Crippen LogP contribution is -3.14. The van der Waals surface area contributed by atoms with Crippen LogP contribution in [0.3, 0.4) is 0 Å². The van der Waals surface area contributed by atoms with Crippen LogP contribution in [-0.4, -0.2) is 48.5 Å². The van der Waals surface area contributed by atoms with Gasteiger partial charge in [0.15, 0.2) is 6.54 Å². The first kappa shape index (κ1) is 19.5. The molecular formula is C25H28N3OS+. The lowest BCUT2D eigenvalue weighted by molar-refractivity contribution is -0.897. The number of thiazole rings is 1. The zero-order chi connectivity index (χ0) is 20.3. The fraction of sp³-hybridized carbons (Fsp3) is 0.360. The van der Waals surface area contributed by atoms with Crippen LogP contribution >= 0.6 is 11.3 Å². The fourth-order valence-electron chi connectivity index (χ4n) is 4.65. The molecule has 2 aliphatic rings. The van der Waals surface area contributed by atoms with Gasteiger partial charge in [0.25, 0.3) is 5.91 Å². The Morgan fingerprint density at radius 1 is 1.07 bits per heavy atom. The van der Waals surface area contributed by atoms with Crippen molar-refractivity contribution in [3.05, 3.63) is 71.2 Å². The highest BCUT2D eigenvalue weighted by atomic mass is 32.1. The molecular weight excluding hydrogens is 390 g/mol. The third-order valence-electron chi connectivity index (χ3n) is 6.46. The maximum atomic E-state index is 12.8. The maximum Gasteiger partial charge on any atom is 0.278 e. The summed E-state index contributed by atoms with van der Waals surface area (Å²) in [6.07, 6.45) is 5.43. The van der Waals surface area contributed by atoms with E-state index in [1.54, 1.807) is 0 Å². The van der Waals surface area contributed by atoms with Crippen molar-refractivity contribution in [3.8, 4) is 0 Å². The third kappa shape index (κ3) is 4.18. The summed E-state index contributed by atoms with van der Waals surface area (Å²) in [7, 11) is 0. The van der Waals surface area contributed by atoms with Crippen molar-refractivity contribution in [1.29, 1.82) is 0 Å². The van der Waals surface area contributed by atoms with Crippen LogP contribution in [0, 0.1) is 0 Å². The molecule has 0 aliphatic carbocycles. The van der Waals surface area contributed by atoms with Gasteiger partial charge in [0.1, 0.15) is 0 Å². The number of carbonyl (C=O) groups is 1. The van der Waals surface area contributed by atoms with E-state index in [9.17, 15) is 4.79 Å². The van der Waals surface area contributed by atoms with E-state index < -0.39 is 0 Å². The highest BCUT2D eigenvalue weighted by molar-refractivity contribution is 7.18. The minimum absolute atomic E-state index is 0.298. The van der Waals surface area contributed by atoms with Gasteiger partial charge in [0.05, 0.1) is 28.3 Å². The zero-order valence-corrected chi connectivity index (χ0v) is 18.0. The van der Waals surface area contributed by atoms with Crippen molar-refractivity contribution in [2.75, 3.05) is 32.7 Å². The number of hydrogen-bond acceptors (Lipinski definition) is 3. The van der Waals surface area contributed by atoms with Gasteiger partial charge in [-0.1, -0.05) is 48.5 Å². The summed E-state index contributed by atoms with van der Waals surface area (Å²) in [4.78, 5) is 21.2. The topological polar surface area (TPSA) is 37.6 Å². The van der Waals surface area contributed by atoms with Crippen LogP contribution in [0.25, 0.3) is 15.8 Å². The Hall–Kier alpha value is -2.50. The molecule has 0 bridgehead atoms. The van der Waals surface area contributed by atoms with Gasteiger partial charge in [0, 0.05) is 31.8 Å². The molecule has 30 heavy (non-hydrogen) atoms. The molecule has 4 nitrogen and oxygen atoms in total. The number of aromatic nitrogens is 1. The summed E-state index contributed by atoms with van der Waals surface area (Å²) < 4.78 is 1.28. The van der Waals surface area contributed by atoms with Gasteiger partial charge in [0.2, 0.25) is 0 Å². The molecule has 0 saturated carbocycles. The second-order valence-electron chi connectivity index (χ2n) is 8.41. The van der Waals surface area contributed by atoms with E-state index in [4.69, 9.17) is 4.98 Å². The molecule has 0 atom stereocenters. The van der Waals surface area contributed by atoms with Crippen molar-refractivity contribution >= 4 is 33.0 Å². The van der Waals surface area contributed by atoms with Crippen molar-refractivity contribution in [3.63, 3.8) is 0 Å². The Labute approximate surface area is 181 Å². The van der Waals surface area contributed by atoms with Crippen LogP contribution in [0.2, 0.25) is 0 Å². The van der Waals surface area contributed by atoms with E-state index in [1.165, 1.54) is 25.7 Å². The van der Waals surface area contributed by atoms with Crippen molar-refractivity contribution in [2.45, 2.75) is 25.2 Å². The average Bonchev–Trinajstić information content (AvgIpc) is 3.25. The third-order valence-corrected chi connectivity index (χ3v) is 7.66. The number of quaternary nitrogens is 1. The van der Waals surface area contributed by atoms with Gasteiger partial charge in [-0.05, 0) is 29.7 Å². The normalized spacial score (nSPS) is 22.1. The number of amides is 1. The summed E-state index contributed by atoms with van der Waals surface area (Å²) in [6, 6.07) is 18.9. The number of benzene rings is 2. The molecule has 2 aliphatic heterocycles. The number of hydrogen-bond donors (Lipinski definition) is 1. The molecule has 0 spiro atoms. The summed E-state index contributed by atoms with van der Waals surface area (Å²) in [5.74, 6) is 0.847. The first-order valence-electron chi connectivity index (χ1n) is 11.0. The number of carbonyl (C=O) groups excluding carboxylic acids is 1. The molecule has 1 fully saturated rings. The Balaban J connectivity index is 1.13. The first-order valence-corrected chi connectivity index (χ1v) is 11.8.